The van der Waals surface area contributed by atoms with Crippen molar-refractivity contribution in [3.8, 4) is 0 Å². The Morgan fingerprint density at radius 2 is 1.81 bits per heavy atom. The fraction of sp³-hybridized carbons (Fsp3) is 0.720. The minimum absolute atomic E-state index is 0.0503. The van der Waals surface area contributed by atoms with Gasteiger partial charge in [-0.1, -0.05) is 25.1 Å². The maximum atomic E-state index is 14.7. The number of rotatable bonds is 9. The minimum atomic E-state index is -0.546. The number of halogens is 1. The first-order valence-corrected chi connectivity index (χ1v) is 12.2. The third-order valence-corrected chi connectivity index (χ3v) is 7.28. The molecule has 4 rings (SSSR count). The number of benzene rings is 1. The van der Waals surface area contributed by atoms with E-state index < -0.39 is 6.04 Å². The van der Waals surface area contributed by atoms with Crippen molar-refractivity contribution in [1.82, 2.24) is 14.7 Å². The largest absolute Gasteiger partial charge is 0.379 e. The van der Waals surface area contributed by atoms with Crippen molar-refractivity contribution in [2.45, 2.75) is 45.1 Å². The van der Waals surface area contributed by atoms with Crippen molar-refractivity contribution in [3.63, 3.8) is 0 Å². The van der Waals surface area contributed by atoms with Gasteiger partial charge in [0.2, 0.25) is 5.91 Å². The number of hydrogen-bond acceptors (Lipinski definition) is 4. The lowest BCUT2D eigenvalue weighted by molar-refractivity contribution is -0.140. The number of ether oxygens (including phenoxy) is 1. The molecule has 6 heteroatoms. The number of likely N-dealkylation sites (tertiary alicyclic amines) is 1. The highest BCUT2D eigenvalue weighted by molar-refractivity contribution is 5.83. The zero-order valence-electron chi connectivity index (χ0n) is 19.0. The van der Waals surface area contributed by atoms with E-state index in [1.807, 2.05) is 11.0 Å². The van der Waals surface area contributed by atoms with Gasteiger partial charge in [-0.15, -0.1) is 0 Å². The van der Waals surface area contributed by atoms with Crippen molar-refractivity contribution in [1.29, 1.82) is 0 Å². The number of piperidine rings is 1. The Balaban J connectivity index is 1.34. The van der Waals surface area contributed by atoms with Gasteiger partial charge >= 0.3 is 0 Å². The van der Waals surface area contributed by atoms with Crippen LogP contribution >= 0.6 is 0 Å². The highest BCUT2D eigenvalue weighted by Gasteiger charge is 2.35. The summed E-state index contributed by atoms with van der Waals surface area (Å²) in [6, 6.07) is 6.19. The molecule has 1 aliphatic carbocycles. The van der Waals surface area contributed by atoms with Crippen molar-refractivity contribution in [2.24, 2.45) is 11.8 Å². The number of hydrogen-bond donors (Lipinski definition) is 0. The second kappa shape index (κ2) is 10.9. The smallest absolute Gasteiger partial charge is 0.244 e. The first kappa shape index (κ1) is 22.7. The van der Waals surface area contributed by atoms with E-state index in [0.29, 0.717) is 37.8 Å². The lowest BCUT2D eigenvalue weighted by atomic mass is 9.92. The molecule has 3 fully saturated rings. The van der Waals surface area contributed by atoms with Crippen LogP contribution in [0.15, 0.2) is 24.3 Å². The molecule has 0 unspecified atom stereocenters. The van der Waals surface area contributed by atoms with E-state index in [2.05, 4.69) is 16.7 Å². The van der Waals surface area contributed by atoms with Gasteiger partial charge in [-0.05, 0) is 63.1 Å². The van der Waals surface area contributed by atoms with Crippen LogP contribution in [0.25, 0.3) is 0 Å². The van der Waals surface area contributed by atoms with Crippen LogP contribution in [0, 0.1) is 17.7 Å². The molecule has 1 atom stereocenters. The van der Waals surface area contributed by atoms with Crippen LogP contribution in [-0.2, 0) is 9.53 Å². The average Bonchev–Trinajstić information content (AvgIpc) is 3.63. The van der Waals surface area contributed by atoms with Gasteiger partial charge in [0.15, 0.2) is 0 Å². The number of nitrogens with zero attached hydrogens (tertiary/aromatic N) is 3. The molecule has 1 aromatic rings. The molecule has 1 amide bonds. The van der Waals surface area contributed by atoms with E-state index in [1.165, 1.54) is 38.4 Å². The Hall–Kier alpha value is -1.50. The maximum absolute atomic E-state index is 14.7. The zero-order chi connectivity index (χ0) is 21.6. The molecule has 1 aromatic carbocycles. The van der Waals surface area contributed by atoms with Crippen LogP contribution in [-0.4, -0.2) is 79.6 Å². The van der Waals surface area contributed by atoms with E-state index in [0.717, 1.165) is 38.4 Å². The van der Waals surface area contributed by atoms with Gasteiger partial charge in [0, 0.05) is 38.3 Å². The van der Waals surface area contributed by atoms with Crippen LogP contribution in [0.5, 0.6) is 0 Å². The summed E-state index contributed by atoms with van der Waals surface area (Å²) in [5.41, 5.74) is 0.496. The van der Waals surface area contributed by atoms with Crippen molar-refractivity contribution in [3.05, 3.63) is 35.6 Å². The van der Waals surface area contributed by atoms with Gasteiger partial charge in [0.05, 0.1) is 13.2 Å². The molecule has 31 heavy (non-hydrogen) atoms. The summed E-state index contributed by atoms with van der Waals surface area (Å²) in [4.78, 5) is 20.2. The zero-order valence-corrected chi connectivity index (χ0v) is 19.0. The topological polar surface area (TPSA) is 36.0 Å². The molecule has 0 bridgehead atoms. The Kier molecular flexibility index (Phi) is 7.96. The van der Waals surface area contributed by atoms with Crippen molar-refractivity contribution in [2.75, 3.05) is 59.0 Å². The van der Waals surface area contributed by atoms with Gasteiger partial charge in [-0.2, -0.15) is 0 Å². The van der Waals surface area contributed by atoms with Crippen LogP contribution in [0.3, 0.4) is 0 Å². The maximum Gasteiger partial charge on any atom is 0.244 e. The van der Waals surface area contributed by atoms with E-state index in [4.69, 9.17) is 4.74 Å². The summed E-state index contributed by atoms with van der Waals surface area (Å²) in [5, 5.41) is 0. The fourth-order valence-corrected chi connectivity index (χ4v) is 5.04. The first-order chi connectivity index (χ1) is 15.2. The number of carbonyl (C=O) groups is 1. The molecule has 5 nitrogen and oxygen atoms in total. The molecule has 0 spiro atoms. The van der Waals surface area contributed by atoms with Gasteiger partial charge in [-0.3, -0.25) is 9.69 Å². The SMILES string of the molecule is CCN(CCC1CCN(C(=O)[C@@H](c2ccccc2F)N2CCOCC2)CC1)CC1CC1. The Bertz CT molecular complexity index is 712. The lowest BCUT2D eigenvalue weighted by Gasteiger charge is -2.39. The van der Waals surface area contributed by atoms with Crippen LogP contribution in [0.4, 0.5) is 4.39 Å². The molecule has 2 heterocycles. The van der Waals surface area contributed by atoms with Crippen LogP contribution in [0.1, 0.15) is 50.6 Å². The molecule has 0 radical (unpaired) electrons. The van der Waals surface area contributed by atoms with E-state index in [9.17, 15) is 9.18 Å². The van der Waals surface area contributed by atoms with Crippen molar-refractivity contribution >= 4 is 5.91 Å². The lowest BCUT2D eigenvalue weighted by Crippen LogP contribution is -2.49. The van der Waals surface area contributed by atoms with E-state index in [1.54, 1.807) is 12.1 Å². The van der Waals surface area contributed by atoms with Gasteiger partial charge in [0.25, 0.3) is 0 Å². The minimum Gasteiger partial charge on any atom is -0.379 e. The molecule has 172 valence electrons. The molecule has 0 aromatic heterocycles. The third-order valence-electron chi connectivity index (χ3n) is 7.28. The molecule has 3 aliphatic rings. The highest BCUT2D eigenvalue weighted by Crippen LogP contribution is 2.31. The molecular formula is C25H38FN3O2. The summed E-state index contributed by atoms with van der Waals surface area (Å²) < 4.78 is 20.1. The predicted octanol–water partition coefficient (Wildman–Crippen LogP) is 3.56. The number of morpholine rings is 1. The van der Waals surface area contributed by atoms with Gasteiger partial charge < -0.3 is 14.5 Å². The van der Waals surface area contributed by atoms with Crippen LogP contribution in [0.2, 0.25) is 0 Å². The second-order valence-corrected chi connectivity index (χ2v) is 9.47. The molecule has 1 saturated carbocycles. The molecule has 2 saturated heterocycles. The number of carbonyl (C=O) groups excluding carboxylic acids is 1. The van der Waals surface area contributed by atoms with Crippen LogP contribution < -0.4 is 0 Å². The van der Waals surface area contributed by atoms with E-state index >= 15 is 0 Å². The summed E-state index contributed by atoms with van der Waals surface area (Å²) in [6.07, 6.45) is 6.15. The predicted molar refractivity (Wildman–Crippen MR) is 120 cm³/mol. The second-order valence-electron chi connectivity index (χ2n) is 9.47. The first-order valence-electron chi connectivity index (χ1n) is 12.2. The summed E-state index contributed by atoms with van der Waals surface area (Å²) in [7, 11) is 0. The Labute approximate surface area is 186 Å². The highest BCUT2D eigenvalue weighted by atomic mass is 19.1. The molecular weight excluding hydrogens is 393 g/mol. The average molecular weight is 432 g/mol. The Morgan fingerprint density at radius 3 is 2.45 bits per heavy atom. The van der Waals surface area contributed by atoms with Crippen molar-refractivity contribution < 1.29 is 13.9 Å². The fourth-order valence-electron chi connectivity index (χ4n) is 5.04. The summed E-state index contributed by atoms with van der Waals surface area (Å²) in [6.45, 7) is 9.92. The molecule has 2 aliphatic heterocycles. The number of amides is 1. The Morgan fingerprint density at radius 1 is 1.10 bits per heavy atom. The monoisotopic (exact) mass is 431 g/mol. The summed E-state index contributed by atoms with van der Waals surface area (Å²) >= 11 is 0. The standard InChI is InChI=1S/C25H38FN3O2/c1-2-27(19-21-7-8-21)12-9-20-10-13-29(14-11-20)25(30)24(28-15-17-31-18-16-28)22-5-3-4-6-23(22)26/h3-6,20-21,24H,2,7-19H2,1H3/t24-/m1/s1. The van der Waals surface area contributed by atoms with Gasteiger partial charge in [-0.25, -0.2) is 4.39 Å². The summed E-state index contributed by atoms with van der Waals surface area (Å²) in [5.74, 6) is 1.38. The van der Waals surface area contributed by atoms with E-state index in [-0.39, 0.29) is 11.7 Å². The third kappa shape index (κ3) is 6.05. The van der Waals surface area contributed by atoms with Gasteiger partial charge in [0.1, 0.15) is 11.9 Å². The molecule has 0 N–H and O–H groups in total. The normalized spacial score (nSPS) is 22.1. The quantitative estimate of drug-likeness (QED) is 0.599.